The van der Waals surface area contributed by atoms with Gasteiger partial charge in [0.05, 0.1) is 10.5 Å². The van der Waals surface area contributed by atoms with Crippen molar-refractivity contribution >= 4 is 17.7 Å². The van der Waals surface area contributed by atoms with Gasteiger partial charge in [0, 0.05) is 12.0 Å². The summed E-state index contributed by atoms with van der Waals surface area (Å²) >= 11 is 0. The molecule has 3 N–H and O–H groups in total. The molecule has 33 heavy (non-hydrogen) atoms. The van der Waals surface area contributed by atoms with E-state index in [9.17, 15) is 29.9 Å². The average Bonchev–Trinajstić information content (AvgIpc) is 3.14. The van der Waals surface area contributed by atoms with Crippen molar-refractivity contribution in [2.75, 3.05) is 6.61 Å². The van der Waals surface area contributed by atoms with Crippen LogP contribution in [0.4, 0.5) is 10.5 Å². The molecule has 3 aromatic carbocycles. The first-order chi connectivity index (χ1) is 15.9. The molecule has 0 aromatic heterocycles. The standard InChI is InChI=1S/C24H20N2O7/c27-22(23(28)29)21(18-11-5-6-12-20(18)26(31)32)25-24(30)33-13-19-16-9-3-1-7-14(16)15-8-2-4-10-17(15)19/h1-12,19,21-22,27H,13H2,(H,25,30)(H,28,29)/t21-,22-/m0/s1. The zero-order chi connectivity index (χ0) is 23.5. The Balaban J connectivity index is 1.55. The molecular formula is C24H20N2O7. The Morgan fingerprint density at radius 3 is 2.09 bits per heavy atom. The van der Waals surface area contributed by atoms with Gasteiger partial charge in [0.15, 0.2) is 6.10 Å². The molecule has 0 aliphatic heterocycles. The average molecular weight is 448 g/mol. The minimum atomic E-state index is -2.12. The normalized spacial score (nSPS) is 14.0. The first-order valence-corrected chi connectivity index (χ1v) is 10.1. The van der Waals surface area contributed by atoms with Crippen LogP contribution in [0.3, 0.4) is 0 Å². The van der Waals surface area contributed by atoms with E-state index in [0.717, 1.165) is 28.3 Å². The molecule has 2 atom stereocenters. The minimum Gasteiger partial charge on any atom is -0.479 e. The summed E-state index contributed by atoms with van der Waals surface area (Å²) in [4.78, 5) is 34.7. The number of rotatable bonds is 7. The van der Waals surface area contributed by atoms with Gasteiger partial charge in [-0.25, -0.2) is 9.59 Å². The van der Waals surface area contributed by atoms with Crippen LogP contribution in [0, 0.1) is 10.1 Å². The number of aliphatic carboxylic acids is 1. The Labute approximate surface area is 188 Å². The molecule has 0 unspecified atom stereocenters. The van der Waals surface area contributed by atoms with Crippen molar-refractivity contribution in [3.8, 4) is 11.1 Å². The van der Waals surface area contributed by atoms with Gasteiger partial charge in [-0.3, -0.25) is 10.1 Å². The van der Waals surface area contributed by atoms with E-state index in [1.807, 2.05) is 48.5 Å². The van der Waals surface area contributed by atoms with E-state index in [0.29, 0.717) is 0 Å². The third-order valence-electron chi connectivity index (χ3n) is 5.65. The lowest BCUT2D eigenvalue weighted by Crippen LogP contribution is -2.41. The topological polar surface area (TPSA) is 139 Å². The number of carboxylic acid groups (broad SMARTS) is 1. The number of carboxylic acids is 1. The zero-order valence-electron chi connectivity index (χ0n) is 17.3. The van der Waals surface area contributed by atoms with Crippen LogP contribution in [0.15, 0.2) is 72.8 Å². The van der Waals surface area contributed by atoms with Crippen molar-refractivity contribution < 1.29 is 29.5 Å². The largest absolute Gasteiger partial charge is 0.479 e. The van der Waals surface area contributed by atoms with E-state index < -0.39 is 34.8 Å². The van der Waals surface area contributed by atoms with Crippen LogP contribution in [0.5, 0.6) is 0 Å². The molecular weight excluding hydrogens is 428 g/mol. The lowest BCUT2D eigenvalue weighted by Gasteiger charge is -2.22. The molecule has 0 radical (unpaired) electrons. The first-order valence-electron chi connectivity index (χ1n) is 10.1. The zero-order valence-corrected chi connectivity index (χ0v) is 17.3. The van der Waals surface area contributed by atoms with Crippen LogP contribution in [0.1, 0.15) is 28.7 Å². The predicted molar refractivity (Wildman–Crippen MR) is 118 cm³/mol. The highest BCUT2D eigenvalue weighted by atomic mass is 16.6. The summed E-state index contributed by atoms with van der Waals surface area (Å²) in [6.07, 6.45) is -3.12. The van der Waals surface area contributed by atoms with Gasteiger partial charge in [-0.15, -0.1) is 0 Å². The van der Waals surface area contributed by atoms with Gasteiger partial charge in [-0.2, -0.15) is 0 Å². The van der Waals surface area contributed by atoms with E-state index in [4.69, 9.17) is 4.74 Å². The Bertz CT molecular complexity index is 1180. The number of nitrogens with zero attached hydrogens (tertiary/aromatic N) is 1. The lowest BCUT2D eigenvalue weighted by atomic mass is 9.98. The fourth-order valence-corrected chi connectivity index (χ4v) is 4.15. The maximum Gasteiger partial charge on any atom is 0.407 e. The second kappa shape index (κ2) is 9.09. The number of ether oxygens (including phenoxy) is 1. The molecule has 9 nitrogen and oxygen atoms in total. The van der Waals surface area contributed by atoms with E-state index >= 15 is 0 Å². The van der Waals surface area contributed by atoms with Gasteiger partial charge in [0.25, 0.3) is 5.69 Å². The Kier molecular flexibility index (Phi) is 6.05. The Hall–Kier alpha value is -4.24. The SMILES string of the molecule is O=C(N[C@@H](c1ccccc1[N+](=O)[O-])[C@H](O)C(=O)O)OCC1c2ccccc2-c2ccccc21. The van der Waals surface area contributed by atoms with Crippen LogP contribution in [-0.4, -0.2) is 39.9 Å². The van der Waals surface area contributed by atoms with Gasteiger partial charge in [-0.05, 0) is 28.3 Å². The number of hydrogen-bond acceptors (Lipinski definition) is 6. The quantitative estimate of drug-likeness (QED) is 0.370. The second-order valence-corrected chi connectivity index (χ2v) is 7.55. The smallest absolute Gasteiger partial charge is 0.407 e. The molecule has 0 saturated carbocycles. The van der Waals surface area contributed by atoms with E-state index in [2.05, 4.69) is 5.32 Å². The molecule has 0 fully saturated rings. The highest BCUT2D eigenvalue weighted by Crippen LogP contribution is 2.44. The molecule has 1 aliphatic carbocycles. The molecule has 0 bridgehead atoms. The van der Waals surface area contributed by atoms with Crippen molar-refractivity contribution in [3.05, 3.63) is 99.6 Å². The van der Waals surface area contributed by atoms with Gasteiger partial charge < -0.3 is 20.3 Å². The van der Waals surface area contributed by atoms with Crippen molar-refractivity contribution in [1.29, 1.82) is 0 Å². The molecule has 9 heteroatoms. The lowest BCUT2D eigenvalue weighted by molar-refractivity contribution is -0.385. The number of carbonyl (C=O) groups is 2. The fourth-order valence-electron chi connectivity index (χ4n) is 4.15. The number of aliphatic hydroxyl groups excluding tert-OH is 1. The van der Waals surface area contributed by atoms with E-state index in [1.165, 1.54) is 18.2 Å². The minimum absolute atomic E-state index is 0.0351. The number of nitrogens with one attached hydrogen (secondary N) is 1. The molecule has 0 saturated heterocycles. The first kappa shape index (κ1) is 22.0. The molecule has 1 aliphatic rings. The summed E-state index contributed by atoms with van der Waals surface area (Å²) in [5.74, 6) is -1.87. The Morgan fingerprint density at radius 2 is 1.52 bits per heavy atom. The van der Waals surface area contributed by atoms with E-state index in [1.54, 1.807) is 0 Å². The van der Waals surface area contributed by atoms with Crippen LogP contribution in [-0.2, 0) is 9.53 Å². The predicted octanol–water partition coefficient (Wildman–Crippen LogP) is 3.62. The number of para-hydroxylation sites is 1. The molecule has 0 heterocycles. The van der Waals surface area contributed by atoms with Crippen LogP contribution < -0.4 is 5.32 Å². The van der Waals surface area contributed by atoms with Crippen LogP contribution in [0.2, 0.25) is 0 Å². The molecule has 4 rings (SSSR count). The van der Waals surface area contributed by atoms with Gasteiger partial charge in [0.2, 0.25) is 0 Å². The number of nitro groups is 1. The van der Waals surface area contributed by atoms with Gasteiger partial charge in [0.1, 0.15) is 12.6 Å². The molecule has 168 valence electrons. The fraction of sp³-hybridized carbons (Fsp3) is 0.167. The summed E-state index contributed by atoms with van der Waals surface area (Å²) < 4.78 is 5.40. The number of carbonyl (C=O) groups excluding carboxylic acids is 1. The van der Waals surface area contributed by atoms with Crippen molar-refractivity contribution in [2.24, 2.45) is 0 Å². The monoisotopic (exact) mass is 448 g/mol. The van der Waals surface area contributed by atoms with Crippen LogP contribution >= 0.6 is 0 Å². The van der Waals surface area contributed by atoms with E-state index in [-0.39, 0.29) is 18.1 Å². The number of amides is 1. The summed E-state index contributed by atoms with van der Waals surface area (Å²) in [5.41, 5.74) is 3.50. The summed E-state index contributed by atoms with van der Waals surface area (Å²) in [6, 6.07) is 19.2. The second-order valence-electron chi connectivity index (χ2n) is 7.55. The number of nitro benzene ring substituents is 1. The number of hydrogen-bond donors (Lipinski definition) is 3. The number of alkyl carbamates (subject to hydrolysis) is 1. The van der Waals surface area contributed by atoms with Gasteiger partial charge >= 0.3 is 12.1 Å². The highest BCUT2D eigenvalue weighted by molar-refractivity contribution is 5.79. The highest BCUT2D eigenvalue weighted by Gasteiger charge is 2.35. The summed E-state index contributed by atoms with van der Waals surface area (Å²) in [7, 11) is 0. The summed E-state index contributed by atoms with van der Waals surface area (Å²) in [5, 5.41) is 33.1. The number of fused-ring (bicyclic) bond motifs is 3. The van der Waals surface area contributed by atoms with Crippen molar-refractivity contribution in [3.63, 3.8) is 0 Å². The van der Waals surface area contributed by atoms with Crippen LogP contribution in [0.25, 0.3) is 11.1 Å². The van der Waals surface area contributed by atoms with Gasteiger partial charge in [-0.1, -0.05) is 60.7 Å². The molecule has 3 aromatic rings. The van der Waals surface area contributed by atoms with Crippen molar-refractivity contribution in [2.45, 2.75) is 18.1 Å². The third-order valence-corrected chi connectivity index (χ3v) is 5.65. The number of aliphatic hydroxyl groups is 1. The molecule has 0 spiro atoms. The Morgan fingerprint density at radius 1 is 0.970 bits per heavy atom. The van der Waals surface area contributed by atoms with Crippen molar-refractivity contribution in [1.82, 2.24) is 5.32 Å². The maximum absolute atomic E-state index is 12.6. The molecule has 1 amide bonds. The maximum atomic E-state index is 12.6. The number of benzene rings is 3. The third kappa shape index (κ3) is 4.26. The summed E-state index contributed by atoms with van der Waals surface area (Å²) in [6.45, 7) is -0.0351.